The predicted molar refractivity (Wildman–Crippen MR) is 104 cm³/mol. The molecule has 1 aromatic heterocycles. The van der Waals surface area contributed by atoms with Gasteiger partial charge in [0.25, 0.3) is 5.91 Å². The maximum Gasteiger partial charge on any atom is 0.275 e. The van der Waals surface area contributed by atoms with Crippen molar-refractivity contribution < 1.29 is 14.3 Å². The normalized spacial score (nSPS) is 11.1. The molecule has 0 fully saturated rings. The summed E-state index contributed by atoms with van der Waals surface area (Å²) in [6.07, 6.45) is 1.80. The number of H-pyrrole nitrogens is 1. The number of aromatic amines is 1. The monoisotopic (exact) mass is 363 g/mol. The average molecular weight is 363 g/mol. The molecule has 0 bridgehead atoms. The summed E-state index contributed by atoms with van der Waals surface area (Å²) in [5, 5.41) is 4.13. The smallest absolute Gasteiger partial charge is 0.275 e. The maximum absolute atomic E-state index is 12.5. The Kier molecular flexibility index (Phi) is 6.25. The van der Waals surface area contributed by atoms with Gasteiger partial charge in [0.15, 0.2) is 0 Å². The minimum Gasteiger partial charge on any atom is -0.490 e. The molecule has 0 aliphatic rings. The van der Waals surface area contributed by atoms with Crippen LogP contribution in [0.1, 0.15) is 23.0 Å². The van der Waals surface area contributed by atoms with Gasteiger partial charge in [-0.3, -0.25) is 4.79 Å². The third-order valence-corrected chi connectivity index (χ3v) is 3.80. The minimum atomic E-state index is -0.333. The Morgan fingerprint density at radius 2 is 1.70 bits per heavy atom. The number of nitrogens with one attached hydrogen (secondary N) is 2. The van der Waals surface area contributed by atoms with Crippen molar-refractivity contribution in [2.75, 3.05) is 13.2 Å². The third-order valence-electron chi connectivity index (χ3n) is 3.80. The quantitative estimate of drug-likeness (QED) is 0.365. The Balaban J connectivity index is 1.56. The van der Waals surface area contributed by atoms with E-state index in [0.29, 0.717) is 30.2 Å². The van der Waals surface area contributed by atoms with Crippen LogP contribution in [0.5, 0.6) is 11.5 Å². The molecule has 6 heteroatoms. The van der Waals surface area contributed by atoms with E-state index in [9.17, 15) is 4.79 Å². The molecule has 27 heavy (non-hydrogen) atoms. The summed E-state index contributed by atoms with van der Waals surface area (Å²) in [5.74, 6) is 0.932. The minimum absolute atomic E-state index is 0.323. The van der Waals surface area contributed by atoms with Gasteiger partial charge in [-0.1, -0.05) is 30.3 Å². The van der Waals surface area contributed by atoms with Gasteiger partial charge in [0.05, 0.1) is 17.0 Å². The second-order valence-corrected chi connectivity index (χ2v) is 5.73. The Bertz CT molecular complexity index is 890. The molecule has 2 N–H and O–H groups in total. The van der Waals surface area contributed by atoms with Crippen molar-refractivity contribution in [1.82, 2.24) is 10.4 Å². The number of aromatic nitrogens is 1. The van der Waals surface area contributed by atoms with E-state index in [1.165, 1.54) is 0 Å². The second-order valence-electron chi connectivity index (χ2n) is 5.73. The van der Waals surface area contributed by atoms with E-state index in [-0.39, 0.29) is 5.91 Å². The number of hydrogen-bond donors (Lipinski definition) is 2. The molecule has 0 aliphatic carbocycles. The molecule has 1 amide bonds. The van der Waals surface area contributed by atoms with Gasteiger partial charge in [0.2, 0.25) is 0 Å². The third kappa shape index (κ3) is 5.22. The highest BCUT2D eigenvalue weighted by atomic mass is 16.5. The van der Waals surface area contributed by atoms with Crippen LogP contribution >= 0.6 is 0 Å². The first-order chi connectivity index (χ1) is 13.2. The van der Waals surface area contributed by atoms with E-state index in [0.717, 1.165) is 11.4 Å². The van der Waals surface area contributed by atoms with Crippen LogP contribution in [0.4, 0.5) is 0 Å². The number of rotatable bonds is 8. The van der Waals surface area contributed by atoms with E-state index < -0.39 is 0 Å². The van der Waals surface area contributed by atoms with Crippen molar-refractivity contribution >= 4 is 11.6 Å². The van der Waals surface area contributed by atoms with Crippen molar-refractivity contribution in [3.63, 3.8) is 0 Å². The number of benzene rings is 2. The second kappa shape index (κ2) is 9.24. The number of nitrogens with zero attached hydrogens (tertiary/aromatic N) is 1. The van der Waals surface area contributed by atoms with Crippen LogP contribution in [-0.4, -0.2) is 29.8 Å². The number of hydrazone groups is 1. The number of hydrogen-bond acceptors (Lipinski definition) is 4. The summed E-state index contributed by atoms with van der Waals surface area (Å²) in [6.45, 7) is 2.52. The van der Waals surface area contributed by atoms with E-state index in [2.05, 4.69) is 15.5 Å². The van der Waals surface area contributed by atoms with Gasteiger partial charge in [-0.05, 0) is 43.3 Å². The van der Waals surface area contributed by atoms with Crippen LogP contribution in [0, 0.1) is 0 Å². The van der Waals surface area contributed by atoms with E-state index >= 15 is 0 Å². The van der Waals surface area contributed by atoms with Crippen LogP contribution in [-0.2, 0) is 0 Å². The number of ether oxygens (including phenoxy) is 2. The Morgan fingerprint density at radius 3 is 2.48 bits per heavy atom. The van der Waals surface area contributed by atoms with Gasteiger partial charge < -0.3 is 14.5 Å². The first-order valence-electron chi connectivity index (χ1n) is 8.62. The van der Waals surface area contributed by atoms with Crippen molar-refractivity contribution in [3.8, 4) is 11.5 Å². The van der Waals surface area contributed by atoms with Gasteiger partial charge in [-0.2, -0.15) is 5.10 Å². The van der Waals surface area contributed by atoms with Crippen molar-refractivity contribution in [3.05, 3.63) is 84.2 Å². The lowest BCUT2D eigenvalue weighted by Crippen LogP contribution is -2.21. The van der Waals surface area contributed by atoms with Crippen molar-refractivity contribution in [2.24, 2.45) is 5.10 Å². The average Bonchev–Trinajstić information content (AvgIpc) is 3.25. The molecule has 138 valence electrons. The fourth-order valence-corrected chi connectivity index (χ4v) is 2.42. The Hall–Kier alpha value is -3.54. The molecule has 1 heterocycles. The van der Waals surface area contributed by atoms with Crippen LogP contribution in [0.15, 0.2) is 78.0 Å². The lowest BCUT2D eigenvalue weighted by atomic mass is 10.2. The zero-order chi connectivity index (χ0) is 18.9. The zero-order valence-electron chi connectivity index (χ0n) is 15.0. The molecular formula is C21H21N3O3. The molecule has 0 spiro atoms. The summed E-state index contributed by atoms with van der Waals surface area (Å²) in [5.41, 5.74) is 4.51. The van der Waals surface area contributed by atoms with Crippen LogP contribution in [0.3, 0.4) is 0 Å². The fourth-order valence-electron chi connectivity index (χ4n) is 2.42. The molecule has 0 atom stereocenters. The van der Waals surface area contributed by atoms with Crippen molar-refractivity contribution in [2.45, 2.75) is 6.92 Å². The standard InChI is InChI=1S/C21H21N3O3/c1-16(19-11-7-13-22-19)23-24-21(25)18-10-5-6-12-20(18)27-15-14-26-17-8-3-2-4-9-17/h2-13,22H,14-15H2,1H3,(H,24,25)/b23-16+. The van der Waals surface area contributed by atoms with E-state index in [1.807, 2.05) is 55.5 Å². The van der Waals surface area contributed by atoms with Gasteiger partial charge in [0.1, 0.15) is 24.7 Å². The Labute approximate surface area is 157 Å². The van der Waals surface area contributed by atoms with E-state index in [1.54, 1.807) is 24.4 Å². The molecule has 0 radical (unpaired) electrons. The molecular weight excluding hydrogens is 342 g/mol. The lowest BCUT2D eigenvalue weighted by molar-refractivity contribution is 0.0949. The van der Waals surface area contributed by atoms with Gasteiger partial charge in [0, 0.05) is 6.20 Å². The highest BCUT2D eigenvalue weighted by Gasteiger charge is 2.12. The molecule has 0 saturated carbocycles. The van der Waals surface area contributed by atoms with Crippen LogP contribution in [0.25, 0.3) is 0 Å². The summed E-state index contributed by atoms with van der Waals surface area (Å²) in [4.78, 5) is 15.5. The van der Waals surface area contributed by atoms with E-state index in [4.69, 9.17) is 9.47 Å². The maximum atomic E-state index is 12.5. The SMILES string of the molecule is C/C(=N\NC(=O)c1ccccc1OCCOc1ccccc1)c1ccc[nH]1. The Morgan fingerprint density at radius 1 is 0.963 bits per heavy atom. The summed E-state index contributed by atoms with van der Waals surface area (Å²) >= 11 is 0. The number of carbonyl (C=O) groups excluding carboxylic acids is 1. The summed E-state index contributed by atoms with van der Waals surface area (Å²) in [6, 6.07) is 20.3. The molecule has 6 nitrogen and oxygen atoms in total. The lowest BCUT2D eigenvalue weighted by Gasteiger charge is -2.11. The summed E-state index contributed by atoms with van der Waals surface area (Å²) in [7, 11) is 0. The van der Waals surface area contributed by atoms with Crippen LogP contribution < -0.4 is 14.9 Å². The van der Waals surface area contributed by atoms with Gasteiger partial charge in [-0.25, -0.2) is 5.43 Å². The summed E-state index contributed by atoms with van der Waals surface area (Å²) < 4.78 is 11.3. The number of amides is 1. The largest absolute Gasteiger partial charge is 0.490 e. The fraction of sp³-hybridized carbons (Fsp3) is 0.143. The van der Waals surface area contributed by atoms with Gasteiger partial charge in [-0.15, -0.1) is 0 Å². The van der Waals surface area contributed by atoms with Gasteiger partial charge >= 0.3 is 0 Å². The molecule has 3 aromatic rings. The predicted octanol–water partition coefficient (Wildman–Crippen LogP) is 3.63. The highest BCUT2D eigenvalue weighted by Crippen LogP contribution is 2.18. The topological polar surface area (TPSA) is 75.7 Å². The first-order valence-corrected chi connectivity index (χ1v) is 8.62. The number of carbonyl (C=O) groups is 1. The molecule has 0 unspecified atom stereocenters. The molecule has 0 aliphatic heterocycles. The molecule has 2 aromatic carbocycles. The molecule has 0 saturated heterocycles. The number of para-hydroxylation sites is 2. The first kappa shape index (κ1) is 18.3. The van der Waals surface area contributed by atoms with Crippen molar-refractivity contribution in [1.29, 1.82) is 0 Å². The highest BCUT2D eigenvalue weighted by molar-refractivity contribution is 6.00. The van der Waals surface area contributed by atoms with Crippen LogP contribution in [0.2, 0.25) is 0 Å². The molecule has 3 rings (SSSR count). The zero-order valence-corrected chi connectivity index (χ0v) is 15.0.